The van der Waals surface area contributed by atoms with Crippen LogP contribution in [0.1, 0.15) is 13.8 Å². The number of hydrogen-bond donors (Lipinski definition) is 1. The van der Waals surface area contributed by atoms with Gasteiger partial charge in [0.1, 0.15) is 0 Å². The molecular formula is C11H16BrNS. The van der Waals surface area contributed by atoms with Gasteiger partial charge in [-0.25, -0.2) is 0 Å². The average Bonchev–Trinajstić information content (AvgIpc) is 2.15. The minimum Gasteiger partial charge on any atom is -0.383 e. The molecule has 0 amide bonds. The van der Waals surface area contributed by atoms with Crippen LogP contribution in [-0.2, 0) is 0 Å². The monoisotopic (exact) mass is 273 g/mol. The van der Waals surface area contributed by atoms with Gasteiger partial charge in [0.25, 0.3) is 0 Å². The highest BCUT2D eigenvalue weighted by Gasteiger charge is 1.97. The van der Waals surface area contributed by atoms with E-state index in [2.05, 4.69) is 47.2 Å². The van der Waals surface area contributed by atoms with Crippen molar-refractivity contribution in [1.82, 2.24) is 0 Å². The van der Waals surface area contributed by atoms with E-state index in [4.69, 9.17) is 0 Å². The first-order chi connectivity index (χ1) is 6.70. The zero-order valence-electron chi connectivity index (χ0n) is 8.59. The van der Waals surface area contributed by atoms with Crippen LogP contribution in [0.15, 0.2) is 28.7 Å². The summed E-state index contributed by atoms with van der Waals surface area (Å²) in [5.74, 6) is 1.15. The van der Waals surface area contributed by atoms with Crippen molar-refractivity contribution in [2.75, 3.05) is 17.6 Å². The summed E-state index contributed by atoms with van der Waals surface area (Å²) in [6, 6.07) is 8.21. The van der Waals surface area contributed by atoms with Crippen molar-refractivity contribution in [3.05, 3.63) is 28.7 Å². The van der Waals surface area contributed by atoms with Gasteiger partial charge < -0.3 is 5.32 Å². The number of hydrogen-bond acceptors (Lipinski definition) is 2. The van der Waals surface area contributed by atoms with E-state index in [0.717, 1.165) is 22.0 Å². The molecule has 0 spiro atoms. The van der Waals surface area contributed by atoms with Crippen LogP contribution in [0.3, 0.4) is 0 Å². The quantitative estimate of drug-likeness (QED) is 0.814. The van der Waals surface area contributed by atoms with Gasteiger partial charge in [-0.1, -0.05) is 26.0 Å². The molecule has 0 saturated heterocycles. The summed E-state index contributed by atoms with van der Waals surface area (Å²) < 4.78 is 1.13. The number of thioether (sulfide) groups is 1. The average molecular weight is 274 g/mol. The van der Waals surface area contributed by atoms with E-state index in [1.807, 2.05) is 23.9 Å². The first-order valence-corrected chi connectivity index (χ1v) is 6.64. The highest BCUT2D eigenvalue weighted by Crippen LogP contribution is 2.21. The number of rotatable bonds is 5. The number of nitrogens with one attached hydrogen (secondary N) is 1. The molecule has 1 rings (SSSR count). The Morgan fingerprint density at radius 1 is 1.36 bits per heavy atom. The summed E-state index contributed by atoms with van der Waals surface area (Å²) in [6.45, 7) is 5.47. The molecule has 1 nitrogen and oxygen atoms in total. The van der Waals surface area contributed by atoms with Crippen LogP contribution < -0.4 is 5.32 Å². The van der Waals surface area contributed by atoms with Crippen LogP contribution in [0.25, 0.3) is 0 Å². The molecule has 1 aromatic carbocycles. The van der Waals surface area contributed by atoms with Gasteiger partial charge >= 0.3 is 0 Å². The molecule has 0 aliphatic rings. The van der Waals surface area contributed by atoms with Gasteiger partial charge in [0.15, 0.2) is 0 Å². The van der Waals surface area contributed by atoms with Gasteiger partial charge in [-0.15, -0.1) is 0 Å². The van der Waals surface area contributed by atoms with Gasteiger partial charge in [0.2, 0.25) is 0 Å². The van der Waals surface area contributed by atoms with Gasteiger partial charge in [-0.3, -0.25) is 0 Å². The lowest BCUT2D eigenvalue weighted by atomic mass is 10.3. The Morgan fingerprint density at radius 2 is 2.07 bits per heavy atom. The lowest BCUT2D eigenvalue weighted by molar-refractivity contribution is 1.10. The fourth-order valence-electron chi connectivity index (χ4n) is 1.08. The predicted octanol–water partition coefficient (Wildman–Crippen LogP) is 4.00. The third kappa shape index (κ3) is 4.38. The molecule has 1 aromatic rings. The zero-order valence-corrected chi connectivity index (χ0v) is 11.0. The topological polar surface area (TPSA) is 12.0 Å². The lowest BCUT2D eigenvalue weighted by Crippen LogP contribution is -2.06. The molecule has 0 saturated carbocycles. The molecule has 0 aliphatic heterocycles. The Balaban J connectivity index is 2.28. The molecule has 0 unspecified atom stereocenters. The summed E-state index contributed by atoms with van der Waals surface area (Å²) >= 11 is 5.49. The zero-order chi connectivity index (χ0) is 10.4. The van der Waals surface area contributed by atoms with E-state index >= 15 is 0 Å². The number of anilines is 1. The van der Waals surface area contributed by atoms with Gasteiger partial charge in [0.05, 0.1) is 0 Å². The number of para-hydroxylation sites is 1. The third-order valence-corrected chi connectivity index (χ3v) is 3.54. The summed E-state index contributed by atoms with van der Waals surface area (Å²) in [5, 5.41) is 4.12. The van der Waals surface area contributed by atoms with Crippen molar-refractivity contribution in [2.45, 2.75) is 19.1 Å². The van der Waals surface area contributed by atoms with Crippen molar-refractivity contribution >= 4 is 33.4 Å². The Kier molecular flexibility index (Phi) is 5.41. The molecule has 3 heteroatoms. The second-order valence-corrected chi connectivity index (χ2v) is 5.86. The molecule has 0 atom stereocenters. The van der Waals surface area contributed by atoms with Crippen LogP contribution in [0.2, 0.25) is 0 Å². The summed E-state index contributed by atoms with van der Waals surface area (Å²) in [4.78, 5) is 0. The fraction of sp³-hybridized carbons (Fsp3) is 0.455. The van der Waals surface area contributed by atoms with Crippen molar-refractivity contribution in [2.24, 2.45) is 0 Å². The smallest absolute Gasteiger partial charge is 0.0484 e. The molecule has 0 bridgehead atoms. The Labute approximate surface area is 98.8 Å². The summed E-state index contributed by atoms with van der Waals surface area (Å²) in [6.07, 6.45) is 0. The van der Waals surface area contributed by atoms with E-state index < -0.39 is 0 Å². The molecular weight excluding hydrogens is 258 g/mol. The van der Waals surface area contributed by atoms with E-state index in [0.29, 0.717) is 0 Å². The minimum atomic E-state index is 0.719. The van der Waals surface area contributed by atoms with Crippen molar-refractivity contribution in [1.29, 1.82) is 0 Å². The normalized spacial score (nSPS) is 10.6. The molecule has 0 radical (unpaired) electrons. The predicted molar refractivity (Wildman–Crippen MR) is 70.2 cm³/mol. The molecule has 78 valence electrons. The standard InChI is InChI=1S/C11H16BrNS/c1-9(2)14-8-7-13-11-6-4-3-5-10(11)12/h3-6,9,13H,7-8H2,1-2H3. The third-order valence-electron chi connectivity index (χ3n) is 1.74. The maximum Gasteiger partial charge on any atom is 0.0484 e. The second-order valence-electron chi connectivity index (χ2n) is 3.33. The van der Waals surface area contributed by atoms with Crippen molar-refractivity contribution in [3.8, 4) is 0 Å². The minimum absolute atomic E-state index is 0.719. The highest BCUT2D eigenvalue weighted by molar-refractivity contribution is 9.10. The summed E-state index contributed by atoms with van der Waals surface area (Å²) in [7, 11) is 0. The van der Waals surface area contributed by atoms with E-state index in [1.165, 1.54) is 5.69 Å². The number of benzene rings is 1. The van der Waals surface area contributed by atoms with E-state index in [-0.39, 0.29) is 0 Å². The first kappa shape index (κ1) is 11.9. The fourth-order valence-corrected chi connectivity index (χ4v) is 2.20. The SMILES string of the molecule is CC(C)SCCNc1ccccc1Br. The van der Waals surface area contributed by atoms with Gasteiger partial charge in [-0.2, -0.15) is 11.8 Å². The molecule has 0 heterocycles. The molecule has 0 fully saturated rings. The molecule has 1 N–H and O–H groups in total. The van der Waals surface area contributed by atoms with Crippen LogP contribution in [-0.4, -0.2) is 17.5 Å². The van der Waals surface area contributed by atoms with Crippen molar-refractivity contribution < 1.29 is 0 Å². The summed E-state index contributed by atoms with van der Waals surface area (Å²) in [5.41, 5.74) is 1.18. The van der Waals surface area contributed by atoms with Crippen LogP contribution >= 0.6 is 27.7 Å². The first-order valence-electron chi connectivity index (χ1n) is 4.80. The van der Waals surface area contributed by atoms with E-state index in [1.54, 1.807) is 0 Å². The van der Waals surface area contributed by atoms with Crippen LogP contribution in [0.5, 0.6) is 0 Å². The Morgan fingerprint density at radius 3 is 2.71 bits per heavy atom. The molecule has 0 aromatic heterocycles. The highest BCUT2D eigenvalue weighted by atomic mass is 79.9. The number of halogens is 1. The van der Waals surface area contributed by atoms with Crippen LogP contribution in [0, 0.1) is 0 Å². The lowest BCUT2D eigenvalue weighted by Gasteiger charge is -2.09. The van der Waals surface area contributed by atoms with E-state index in [9.17, 15) is 0 Å². The van der Waals surface area contributed by atoms with Crippen molar-refractivity contribution in [3.63, 3.8) is 0 Å². The Bertz CT molecular complexity index is 276. The maximum atomic E-state index is 3.51. The van der Waals surface area contributed by atoms with Gasteiger partial charge in [0, 0.05) is 22.5 Å². The van der Waals surface area contributed by atoms with Crippen LogP contribution in [0.4, 0.5) is 5.69 Å². The molecule has 0 aliphatic carbocycles. The largest absolute Gasteiger partial charge is 0.383 e. The maximum absolute atomic E-state index is 3.51. The Hall–Kier alpha value is -0.150. The second kappa shape index (κ2) is 6.36. The molecule has 14 heavy (non-hydrogen) atoms. The van der Waals surface area contributed by atoms with Gasteiger partial charge in [-0.05, 0) is 33.3 Å².